The molecule has 0 spiro atoms. The standard InChI is InChI=1S/C25H28N2O3Te/c28-23-18-22(25(30)21-13-7-6-12-20(21)23)26-15-8-2-5-14-24(29)27-16-9-17-31-19-10-3-1-4-11-19/h1,3-4,6-7,10-13,18,26H,2,5,8-9,14-17H2,(H,27,29). The predicted octanol–water partition coefficient (Wildman–Crippen LogP) is 3.05. The van der Waals surface area contributed by atoms with Crippen molar-refractivity contribution in [2.75, 3.05) is 13.1 Å². The van der Waals surface area contributed by atoms with Gasteiger partial charge in [-0.2, -0.15) is 0 Å². The molecule has 0 fully saturated rings. The monoisotopic (exact) mass is 534 g/mol. The van der Waals surface area contributed by atoms with E-state index in [9.17, 15) is 14.4 Å². The van der Waals surface area contributed by atoms with Gasteiger partial charge in [-0.25, -0.2) is 0 Å². The van der Waals surface area contributed by atoms with E-state index in [1.54, 1.807) is 24.3 Å². The minimum absolute atomic E-state index is 0.112. The van der Waals surface area contributed by atoms with Crippen LogP contribution in [0.3, 0.4) is 0 Å². The summed E-state index contributed by atoms with van der Waals surface area (Å²) in [5, 5.41) is 6.09. The van der Waals surface area contributed by atoms with Gasteiger partial charge in [0.2, 0.25) is 5.78 Å². The van der Waals surface area contributed by atoms with Crippen molar-refractivity contribution in [2.24, 2.45) is 0 Å². The van der Waals surface area contributed by atoms with E-state index >= 15 is 0 Å². The van der Waals surface area contributed by atoms with Gasteiger partial charge in [0.05, 0.1) is 0 Å². The fourth-order valence-corrected chi connectivity index (χ4v) is 5.85. The second-order valence-corrected chi connectivity index (χ2v) is 10.7. The molecule has 0 saturated carbocycles. The first kappa shape index (κ1) is 23.2. The van der Waals surface area contributed by atoms with Crippen molar-refractivity contribution < 1.29 is 14.4 Å². The summed E-state index contributed by atoms with van der Waals surface area (Å²) >= 11 is -0.141. The van der Waals surface area contributed by atoms with Gasteiger partial charge in [0, 0.05) is 17.2 Å². The molecular weight excluding hydrogens is 504 g/mol. The number of hydrogen-bond donors (Lipinski definition) is 2. The van der Waals surface area contributed by atoms with Crippen LogP contribution in [0.1, 0.15) is 52.8 Å². The van der Waals surface area contributed by atoms with Crippen LogP contribution in [0.25, 0.3) is 0 Å². The van der Waals surface area contributed by atoms with E-state index in [4.69, 9.17) is 0 Å². The molecule has 2 aromatic rings. The molecule has 1 aliphatic rings. The topological polar surface area (TPSA) is 75.3 Å². The number of carbonyl (C=O) groups excluding carboxylic acids is 3. The quantitative estimate of drug-likeness (QED) is 0.326. The first-order valence-electron chi connectivity index (χ1n) is 10.7. The molecular formula is C25H28N2O3Te. The van der Waals surface area contributed by atoms with E-state index in [1.165, 1.54) is 14.2 Å². The van der Waals surface area contributed by atoms with Crippen molar-refractivity contribution in [3.63, 3.8) is 0 Å². The van der Waals surface area contributed by atoms with Crippen LogP contribution in [0.5, 0.6) is 0 Å². The van der Waals surface area contributed by atoms with Gasteiger partial charge >= 0.3 is 132 Å². The summed E-state index contributed by atoms with van der Waals surface area (Å²) in [7, 11) is 0. The van der Waals surface area contributed by atoms with Crippen LogP contribution >= 0.6 is 0 Å². The Hall–Kier alpha value is -2.42. The fraction of sp³-hybridized carbons (Fsp3) is 0.320. The van der Waals surface area contributed by atoms with Gasteiger partial charge in [0.1, 0.15) is 0 Å². The maximum atomic E-state index is 12.5. The summed E-state index contributed by atoms with van der Waals surface area (Å²) in [6, 6.07) is 17.5. The summed E-state index contributed by atoms with van der Waals surface area (Å²) in [5.74, 6) is -0.161. The normalized spacial score (nSPS) is 12.8. The minimum atomic E-state index is -0.141. The van der Waals surface area contributed by atoms with Crippen LogP contribution in [0.15, 0.2) is 66.4 Å². The molecule has 2 N–H and O–H groups in total. The Balaban J connectivity index is 1.23. The fourth-order valence-electron chi connectivity index (χ4n) is 3.35. The molecule has 0 saturated heterocycles. The molecule has 162 valence electrons. The van der Waals surface area contributed by atoms with Crippen LogP contribution in [0, 0.1) is 0 Å². The Morgan fingerprint density at radius 3 is 2.35 bits per heavy atom. The molecule has 0 aliphatic heterocycles. The molecule has 1 amide bonds. The van der Waals surface area contributed by atoms with Gasteiger partial charge in [0.15, 0.2) is 5.78 Å². The summed E-state index contributed by atoms with van der Waals surface area (Å²) in [6.07, 6.45) is 5.52. The first-order chi connectivity index (χ1) is 15.1. The number of carbonyl (C=O) groups is 3. The van der Waals surface area contributed by atoms with Gasteiger partial charge in [0.25, 0.3) is 0 Å². The number of nitrogens with one attached hydrogen (secondary N) is 2. The molecule has 0 bridgehead atoms. The zero-order valence-corrected chi connectivity index (χ0v) is 19.9. The van der Waals surface area contributed by atoms with Crippen molar-refractivity contribution in [3.8, 4) is 0 Å². The summed E-state index contributed by atoms with van der Waals surface area (Å²) in [4.78, 5) is 36.6. The summed E-state index contributed by atoms with van der Waals surface area (Å²) in [5.41, 5.74) is 1.28. The van der Waals surface area contributed by atoms with Crippen LogP contribution in [-0.2, 0) is 4.79 Å². The van der Waals surface area contributed by atoms with Crippen molar-refractivity contribution in [1.82, 2.24) is 10.6 Å². The Kier molecular flexibility index (Phi) is 9.33. The number of unbranched alkanes of at least 4 members (excludes halogenated alkanes) is 2. The average Bonchev–Trinajstić information content (AvgIpc) is 2.79. The van der Waals surface area contributed by atoms with Crippen molar-refractivity contribution in [3.05, 3.63) is 77.5 Å². The van der Waals surface area contributed by atoms with E-state index < -0.39 is 0 Å². The third-order valence-electron chi connectivity index (χ3n) is 5.01. The molecule has 1 aliphatic carbocycles. The molecule has 0 radical (unpaired) electrons. The predicted molar refractivity (Wildman–Crippen MR) is 124 cm³/mol. The Morgan fingerprint density at radius 1 is 0.806 bits per heavy atom. The van der Waals surface area contributed by atoms with Crippen molar-refractivity contribution in [2.45, 2.75) is 36.6 Å². The van der Waals surface area contributed by atoms with Gasteiger partial charge in [-0.1, -0.05) is 24.3 Å². The van der Waals surface area contributed by atoms with Crippen LogP contribution < -0.4 is 14.2 Å². The number of amides is 1. The van der Waals surface area contributed by atoms with Gasteiger partial charge < -0.3 is 0 Å². The summed E-state index contributed by atoms with van der Waals surface area (Å²) < 4.78 is 2.66. The Bertz CT molecular complexity index is 941. The number of allylic oxidation sites excluding steroid dienone is 2. The Labute approximate surface area is 193 Å². The number of fused-ring (bicyclic) bond motifs is 1. The number of benzene rings is 2. The van der Waals surface area contributed by atoms with Crippen molar-refractivity contribution in [1.29, 1.82) is 0 Å². The van der Waals surface area contributed by atoms with E-state index in [1.807, 2.05) is 6.07 Å². The molecule has 3 rings (SSSR count). The SMILES string of the molecule is O=C(CCCCCNC1=CC(=O)c2ccccc2C1=O)NCCC[Te]c1ccccc1. The van der Waals surface area contributed by atoms with Crippen molar-refractivity contribution >= 4 is 42.0 Å². The van der Waals surface area contributed by atoms with Crippen LogP contribution in [0.2, 0.25) is 4.47 Å². The van der Waals surface area contributed by atoms with Gasteiger partial charge in [-0.05, 0) is 0 Å². The van der Waals surface area contributed by atoms with Gasteiger partial charge in [-0.15, -0.1) is 0 Å². The van der Waals surface area contributed by atoms with Crippen LogP contribution in [0.4, 0.5) is 0 Å². The number of hydrogen-bond acceptors (Lipinski definition) is 4. The second kappa shape index (κ2) is 12.4. The third kappa shape index (κ3) is 7.34. The third-order valence-corrected chi connectivity index (χ3v) is 8.14. The van der Waals surface area contributed by atoms with E-state index in [-0.39, 0.29) is 38.4 Å². The van der Waals surface area contributed by atoms with E-state index in [2.05, 4.69) is 34.9 Å². The average molecular weight is 532 g/mol. The molecule has 6 heteroatoms. The molecule has 0 aromatic heterocycles. The summed E-state index contributed by atoms with van der Waals surface area (Å²) in [6.45, 7) is 1.36. The maximum absolute atomic E-state index is 12.5. The molecule has 0 atom stereocenters. The first-order valence-corrected chi connectivity index (χ1v) is 13.5. The number of Topliss-reactive ketones (excluding diaryl/α,β-unsaturated/α-hetero) is 1. The van der Waals surface area contributed by atoms with E-state index in [0.29, 0.717) is 29.8 Å². The van der Waals surface area contributed by atoms with Crippen LogP contribution in [-0.4, -0.2) is 51.5 Å². The zero-order chi connectivity index (χ0) is 21.9. The zero-order valence-electron chi connectivity index (χ0n) is 17.6. The molecule has 5 nitrogen and oxygen atoms in total. The molecule has 31 heavy (non-hydrogen) atoms. The molecule has 0 unspecified atom stereocenters. The Morgan fingerprint density at radius 2 is 1.55 bits per heavy atom. The number of ketones is 2. The number of rotatable bonds is 12. The van der Waals surface area contributed by atoms with Gasteiger partial charge in [-0.3, -0.25) is 9.59 Å². The molecule has 0 heterocycles. The second-order valence-electron chi connectivity index (χ2n) is 7.40. The van der Waals surface area contributed by atoms with E-state index in [0.717, 1.165) is 32.2 Å². The molecule has 2 aromatic carbocycles.